The van der Waals surface area contributed by atoms with Crippen molar-refractivity contribution < 1.29 is 19.4 Å². The molecule has 0 aromatic heterocycles. The zero-order valence-corrected chi connectivity index (χ0v) is 8.44. The first-order valence-corrected chi connectivity index (χ1v) is 4.89. The van der Waals surface area contributed by atoms with Crippen molar-refractivity contribution in [2.45, 2.75) is 25.3 Å². The molecule has 0 unspecified atom stereocenters. The van der Waals surface area contributed by atoms with Crippen LogP contribution in [0.3, 0.4) is 0 Å². The van der Waals surface area contributed by atoms with E-state index in [2.05, 4.69) is 11.9 Å². The van der Waals surface area contributed by atoms with Gasteiger partial charge in [0.15, 0.2) is 0 Å². The van der Waals surface area contributed by atoms with Crippen LogP contribution >= 0.6 is 0 Å². The SMILES string of the molecule is C=CCOC(=O)N[C@H]1CC[C@H]1CC(=O)O. The van der Waals surface area contributed by atoms with Gasteiger partial charge in [-0.05, 0) is 18.8 Å². The summed E-state index contributed by atoms with van der Waals surface area (Å²) >= 11 is 0. The summed E-state index contributed by atoms with van der Waals surface area (Å²) in [6, 6.07) is -0.0570. The van der Waals surface area contributed by atoms with E-state index in [-0.39, 0.29) is 25.0 Å². The first-order chi connectivity index (χ1) is 7.13. The zero-order valence-electron chi connectivity index (χ0n) is 8.44. The van der Waals surface area contributed by atoms with E-state index in [1.165, 1.54) is 6.08 Å². The zero-order chi connectivity index (χ0) is 11.3. The van der Waals surface area contributed by atoms with Gasteiger partial charge in [-0.2, -0.15) is 0 Å². The van der Waals surface area contributed by atoms with E-state index >= 15 is 0 Å². The molecule has 1 saturated carbocycles. The fourth-order valence-electron chi connectivity index (χ4n) is 1.56. The Bertz CT molecular complexity index is 264. The lowest BCUT2D eigenvalue weighted by molar-refractivity contribution is -0.139. The maximum atomic E-state index is 11.1. The van der Waals surface area contributed by atoms with Gasteiger partial charge < -0.3 is 15.2 Å². The molecular formula is C10H15NO4. The number of carbonyl (C=O) groups excluding carboxylic acids is 1. The summed E-state index contributed by atoms with van der Waals surface area (Å²) in [6.45, 7) is 3.59. The summed E-state index contributed by atoms with van der Waals surface area (Å²) in [4.78, 5) is 21.6. The highest BCUT2D eigenvalue weighted by Crippen LogP contribution is 2.30. The molecule has 0 aromatic carbocycles. The van der Waals surface area contributed by atoms with Crippen LogP contribution in [0, 0.1) is 5.92 Å². The molecular weight excluding hydrogens is 198 g/mol. The molecule has 0 aromatic rings. The van der Waals surface area contributed by atoms with E-state index in [1.807, 2.05) is 0 Å². The first kappa shape index (κ1) is 11.6. The topological polar surface area (TPSA) is 75.6 Å². The lowest BCUT2D eigenvalue weighted by Gasteiger charge is -2.35. The van der Waals surface area contributed by atoms with Gasteiger partial charge in [-0.3, -0.25) is 4.79 Å². The van der Waals surface area contributed by atoms with Crippen LogP contribution in [-0.2, 0) is 9.53 Å². The van der Waals surface area contributed by atoms with Gasteiger partial charge in [0.05, 0.1) is 6.42 Å². The number of amides is 1. The molecule has 1 amide bonds. The predicted octanol–water partition coefficient (Wildman–Crippen LogP) is 1.15. The number of carbonyl (C=O) groups is 2. The maximum Gasteiger partial charge on any atom is 0.407 e. The van der Waals surface area contributed by atoms with Crippen molar-refractivity contribution in [2.75, 3.05) is 6.61 Å². The van der Waals surface area contributed by atoms with Gasteiger partial charge in [-0.15, -0.1) is 0 Å². The predicted molar refractivity (Wildman–Crippen MR) is 53.4 cm³/mol. The third kappa shape index (κ3) is 3.61. The molecule has 5 heteroatoms. The molecule has 0 radical (unpaired) electrons. The Kier molecular flexibility index (Phi) is 4.15. The molecule has 1 rings (SSSR count). The van der Waals surface area contributed by atoms with E-state index in [1.54, 1.807) is 0 Å². The fraction of sp³-hybridized carbons (Fsp3) is 0.600. The lowest BCUT2D eigenvalue weighted by atomic mass is 9.77. The summed E-state index contributed by atoms with van der Waals surface area (Å²) in [7, 11) is 0. The maximum absolute atomic E-state index is 11.1. The van der Waals surface area contributed by atoms with Crippen molar-refractivity contribution in [3.63, 3.8) is 0 Å². The standard InChI is InChI=1S/C10H15NO4/c1-2-5-15-10(14)11-8-4-3-7(8)6-9(12)13/h2,7-8H,1,3-6H2,(H,11,14)(H,12,13)/t7-,8-/m0/s1. The van der Waals surface area contributed by atoms with E-state index in [0.29, 0.717) is 0 Å². The number of ether oxygens (including phenoxy) is 1. The second-order valence-electron chi connectivity index (χ2n) is 3.57. The number of alkyl carbamates (subject to hydrolysis) is 1. The minimum atomic E-state index is -0.828. The van der Waals surface area contributed by atoms with Crippen molar-refractivity contribution in [2.24, 2.45) is 5.92 Å². The highest BCUT2D eigenvalue weighted by molar-refractivity contribution is 5.69. The molecule has 0 aliphatic heterocycles. The molecule has 0 saturated heterocycles. The Morgan fingerprint density at radius 2 is 2.27 bits per heavy atom. The summed E-state index contributed by atoms with van der Waals surface area (Å²) in [5, 5.41) is 11.2. The molecule has 0 heterocycles. The van der Waals surface area contributed by atoms with Crippen LogP contribution in [0.4, 0.5) is 4.79 Å². The largest absolute Gasteiger partial charge is 0.481 e. The van der Waals surface area contributed by atoms with Crippen molar-refractivity contribution >= 4 is 12.1 Å². The first-order valence-electron chi connectivity index (χ1n) is 4.89. The summed E-state index contributed by atoms with van der Waals surface area (Å²) in [5.74, 6) is -0.787. The Morgan fingerprint density at radius 3 is 2.73 bits per heavy atom. The quantitative estimate of drug-likeness (QED) is 0.672. The summed E-state index contributed by atoms with van der Waals surface area (Å²) in [6.07, 6.45) is 2.75. The summed E-state index contributed by atoms with van der Waals surface area (Å²) < 4.78 is 4.74. The van der Waals surface area contributed by atoms with E-state index in [4.69, 9.17) is 9.84 Å². The van der Waals surface area contributed by atoms with Crippen LogP contribution in [0.5, 0.6) is 0 Å². The molecule has 5 nitrogen and oxygen atoms in total. The van der Waals surface area contributed by atoms with Crippen LogP contribution in [-0.4, -0.2) is 29.8 Å². The molecule has 1 aliphatic rings. The molecule has 0 spiro atoms. The van der Waals surface area contributed by atoms with Gasteiger partial charge in [0.25, 0.3) is 0 Å². The average molecular weight is 213 g/mol. The minimum absolute atomic E-state index is 0.0405. The van der Waals surface area contributed by atoms with E-state index < -0.39 is 12.1 Å². The molecule has 2 N–H and O–H groups in total. The lowest BCUT2D eigenvalue weighted by Crippen LogP contribution is -2.47. The van der Waals surface area contributed by atoms with Crippen LogP contribution in [0.2, 0.25) is 0 Å². The van der Waals surface area contributed by atoms with Crippen molar-refractivity contribution in [3.8, 4) is 0 Å². The van der Waals surface area contributed by atoms with Crippen LogP contribution < -0.4 is 5.32 Å². The number of carboxylic acid groups (broad SMARTS) is 1. The van der Waals surface area contributed by atoms with Crippen molar-refractivity contribution in [1.82, 2.24) is 5.32 Å². The number of carboxylic acids is 1. The van der Waals surface area contributed by atoms with Crippen LogP contribution in [0.1, 0.15) is 19.3 Å². The highest BCUT2D eigenvalue weighted by atomic mass is 16.5. The highest BCUT2D eigenvalue weighted by Gasteiger charge is 2.33. The normalized spacial score (nSPS) is 23.7. The number of hydrogen-bond donors (Lipinski definition) is 2. The second-order valence-corrected chi connectivity index (χ2v) is 3.57. The van der Waals surface area contributed by atoms with Gasteiger partial charge in [-0.25, -0.2) is 4.79 Å². The van der Waals surface area contributed by atoms with Gasteiger partial charge in [0.1, 0.15) is 6.61 Å². The molecule has 2 atom stereocenters. The molecule has 1 aliphatic carbocycles. The van der Waals surface area contributed by atoms with Gasteiger partial charge in [-0.1, -0.05) is 12.7 Å². The van der Waals surface area contributed by atoms with Crippen LogP contribution in [0.15, 0.2) is 12.7 Å². The van der Waals surface area contributed by atoms with E-state index in [0.717, 1.165) is 12.8 Å². The molecule has 1 fully saturated rings. The van der Waals surface area contributed by atoms with E-state index in [9.17, 15) is 9.59 Å². The smallest absolute Gasteiger partial charge is 0.407 e. The molecule has 15 heavy (non-hydrogen) atoms. The third-order valence-corrected chi connectivity index (χ3v) is 2.49. The monoisotopic (exact) mass is 213 g/mol. The van der Waals surface area contributed by atoms with Gasteiger partial charge in [0.2, 0.25) is 0 Å². The van der Waals surface area contributed by atoms with Gasteiger partial charge >= 0.3 is 12.1 Å². The van der Waals surface area contributed by atoms with Crippen molar-refractivity contribution in [3.05, 3.63) is 12.7 Å². The third-order valence-electron chi connectivity index (χ3n) is 2.49. The Hall–Kier alpha value is -1.52. The number of nitrogens with one attached hydrogen (secondary N) is 1. The Labute approximate surface area is 88.1 Å². The minimum Gasteiger partial charge on any atom is -0.481 e. The Balaban J connectivity index is 2.23. The Morgan fingerprint density at radius 1 is 1.53 bits per heavy atom. The summed E-state index contributed by atoms with van der Waals surface area (Å²) in [5.41, 5.74) is 0. The second kappa shape index (κ2) is 5.38. The van der Waals surface area contributed by atoms with Crippen LogP contribution in [0.25, 0.3) is 0 Å². The number of rotatable bonds is 5. The van der Waals surface area contributed by atoms with Crippen molar-refractivity contribution in [1.29, 1.82) is 0 Å². The number of aliphatic carboxylic acids is 1. The molecule has 0 bridgehead atoms. The number of hydrogen-bond acceptors (Lipinski definition) is 3. The van der Waals surface area contributed by atoms with Gasteiger partial charge in [0, 0.05) is 6.04 Å². The average Bonchev–Trinajstić information content (AvgIpc) is 2.18. The molecule has 84 valence electrons. The fourth-order valence-corrected chi connectivity index (χ4v) is 1.56.